The van der Waals surface area contributed by atoms with Gasteiger partial charge in [-0.05, 0) is 60.0 Å². The Kier molecular flexibility index (Phi) is 3.59. The van der Waals surface area contributed by atoms with Gasteiger partial charge in [0.05, 0.1) is 11.4 Å². The number of phenolic OH excluding ortho intramolecular Hbond substituents is 1. The van der Waals surface area contributed by atoms with Crippen LogP contribution in [0.15, 0.2) is 48.5 Å². The highest BCUT2D eigenvalue weighted by atomic mass is 35.5. The molecule has 0 unspecified atom stereocenters. The number of benzene rings is 2. The van der Waals surface area contributed by atoms with E-state index in [2.05, 4.69) is 6.07 Å². The molecule has 3 nitrogen and oxygen atoms in total. The smallest absolute Gasteiger partial charge is 0.269 e. The predicted octanol–water partition coefficient (Wildman–Crippen LogP) is 5.24. The van der Waals surface area contributed by atoms with Gasteiger partial charge in [0.25, 0.3) is 5.91 Å². The number of aromatic hydroxyl groups is 1. The number of nitrogens with zero attached hydrogens (tertiary/aromatic N) is 1. The molecule has 4 rings (SSSR count). The number of carbonyl (C=O) groups is 1. The van der Waals surface area contributed by atoms with Crippen LogP contribution in [-0.2, 0) is 6.54 Å². The van der Waals surface area contributed by atoms with Gasteiger partial charge in [-0.15, -0.1) is 11.3 Å². The van der Waals surface area contributed by atoms with Gasteiger partial charge in [-0.2, -0.15) is 0 Å². The van der Waals surface area contributed by atoms with Gasteiger partial charge in [-0.25, -0.2) is 0 Å². The van der Waals surface area contributed by atoms with Crippen molar-refractivity contribution in [2.45, 2.75) is 13.5 Å². The van der Waals surface area contributed by atoms with Crippen LogP contribution in [0, 0.1) is 6.92 Å². The quantitative estimate of drug-likeness (QED) is 0.682. The van der Waals surface area contributed by atoms with E-state index in [1.165, 1.54) is 11.3 Å². The molecule has 24 heavy (non-hydrogen) atoms. The zero-order chi connectivity index (χ0) is 16.8. The van der Waals surface area contributed by atoms with Gasteiger partial charge in [-0.3, -0.25) is 4.79 Å². The zero-order valence-electron chi connectivity index (χ0n) is 12.9. The molecule has 2 aromatic carbocycles. The number of halogens is 1. The van der Waals surface area contributed by atoms with Crippen LogP contribution in [0.3, 0.4) is 0 Å². The third kappa shape index (κ3) is 2.48. The molecule has 0 fully saturated rings. The molecule has 0 aliphatic carbocycles. The minimum Gasteiger partial charge on any atom is -0.508 e. The van der Waals surface area contributed by atoms with Gasteiger partial charge in [0.2, 0.25) is 0 Å². The molecule has 5 heteroatoms. The Bertz CT molecular complexity index is 947. The summed E-state index contributed by atoms with van der Waals surface area (Å²) in [7, 11) is 0. The molecule has 3 aromatic rings. The third-order valence-corrected chi connectivity index (χ3v) is 5.66. The monoisotopic (exact) mass is 355 g/mol. The highest BCUT2D eigenvalue weighted by Crippen LogP contribution is 2.39. The Morgan fingerprint density at radius 1 is 1.12 bits per heavy atom. The van der Waals surface area contributed by atoms with Gasteiger partial charge in [-0.1, -0.05) is 23.7 Å². The number of aryl methyl sites for hydroxylation is 1. The maximum Gasteiger partial charge on any atom is 0.269 e. The van der Waals surface area contributed by atoms with Crippen LogP contribution in [0.1, 0.15) is 20.8 Å². The first-order valence-electron chi connectivity index (χ1n) is 7.53. The first-order chi connectivity index (χ1) is 11.5. The Balaban J connectivity index is 1.65. The lowest BCUT2D eigenvalue weighted by atomic mass is 10.1. The number of rotatable bonds is 2. The van der Waals surface area contributed by atoms with Crippen molar-refractivity contribution in [1.29, 1.82) is 0 Å². The Morgan fingerprint density at radius 3 is 2.54 bits per heavy atom. The largest absolute Gasteiger partial charge is 0.508 e. The number of amides is 1. The van der Waals surface area contributed by atoms with E-state index >= 15 is 0 Å². The number of fused-ring (bicyclic) bond motifs is 1. The number of hydrogen-bond acceptors (Lipinski definition) is 3. The normalized spacial score (nSPS) is 13.4. The van der Waals surface area contributed by atoms with Crippen molar-refractivity contribution in [1.82, 2.24) is 0 Å². The van der Waals surface area contributed by atoms with Crippen LogP contribution < -0.4 is 4.90 Å². The Labute approximate surface area is 148 Å². The molecule has 1 aromatic heterocycles. The predicted molar refractivity (Wildman–Crippen MR) is 98.1 cm³/mol. The number of thiophene rings is 1. The molecule has 1 N–H and O–H groups in total. The molecule has 0 spiro atoms. The SMILES string of the molecule is Cc1cc(N2Cc3cc(-c4ccc(Cl)cc4)sc3C2=O)ccc1O. The van der Waals surface area contributed by atoms with E-state index in [-0.39, 0.29) is 11.7 Å². The molecule has 0 bridgehead atoms. The number of anilines is 1. The van der Waals surface area contributed by atoms with E-state index in [9.17, 15) is 9.90 Å². The molecule has 0 atom stereocenters. The van der Waals surface area contributed by atoms with Crippen LogP contribution in [-0.4, -0.2) is 11.0 Å². The Hall–Kier alpha value is -2.30. The van der Waals surface area contributed by atoms with Crippen molar-refractivity contribution in [2.75, 3.05) is 4.90 Å². The lowest BCUT2D eigenvalue weighted by molar-refractivity contribution is 0.1000. The highest BCUT2D eigenvalue weighted by Gasteiger charge is 2.31. The molecule has 2 heterocycles. The second-order valence-electron chi connectivity index (χ2n) is 5.83. The summed E-state index contributed by atoms with van der Waals surface area (Å²) in [6, 6.07) is 15.0. The fourth-order valence-electron chi connectivity index (χ4n) is 2.86. The van der Waals surface area contributed by atoms with Gasteiger partial charge < -0.3 is 10.0 Å². The molecule has 0 saturated carbocycles. The van der Waals surface area contributed by atoms with Gasteiger partial charge in [0.15, 0.2) is 0 Å². The van der Waals surface area contributed by atoms with Crippen LogP contribution in [0.4, 0.5) is 5.69 Å². The lowest BCUT2D eigenvalue weighted by Gasteiger charge is -2.17. The highest BCUT2D eigenvalue weighted by molar-refractivity contribution is 7.17. The maximum absolute atomic E-state index is 12.7. The minimum absolute atomic E-state index is 0.0142. The van der Waals surface area contributed by atoms with E-state index < -0.39 is 0 Å². The molecule has 1 aliphatic heterocycles. The molecular weight excluding hydrogens is 342 g/mol. The summed E-state index contributed by atoms with van der Waals surface area (Å²) in [5.41, 5.74) is 3.68. The van der Waals surface area contributed by atoms with E-state index in [1.807, 2.05) is 37.3 Å². The average Bonchev–Trinajstić information content (AvgIpc) is 3.11. The lowest BCUT2D eigenvalue weighted by Crippen LogP contribution is -2.22. The average molecular weight is 356 g/mol. The summed E-state index contributed by atoms with van der Waals surface area (Å²) in [4.78, 5) is 16.4. The first-order valence-corrected chi connectivity index (χ1v) is 8.72. The minimum atomic E-state index is 0.0142. The Morgan fingerprint density at radius 2 is 1.88 bits per heavy atom. The van der Waals surface area contributed by atoms with Crippen molar-refractivity contribution in [3.8, 4) is 16.2 Å². The van der Waals surface area contributed by atoms with Crippen LogP contribution >= 0.6 is 22.9 Å². The molecule has 1 aliphatic rings. The fraction of sp³-hybridized carbons (Fsp3) is 0.105. The van der Waals surface area contributed by atoms with Crippen LogP contribution in [0.5, 0.6) is 5.75 Å². The summed E-state index contributed by atoms with van der Waals surface area (Å²) in [5, 5.41) is 10.4. The van der Waals surface area contributed by atoms with Crippen LogP contribution in [0.2, 0.25) is 5.02 Å². The molecule has 1 amide bonds. The zero-order valence-corrected chi connectivity index (χ0v) is 14.5. The van der Waals surface area contributed by atoms with Gasteiger partial charge >= 0.3 is 0 Å². The molecular formula is C19H14ClNO2S. The van der Waals surface area contributed by atoms with E-state index in [0.717, 1.165) is 32.1 Å². The van der Waals surface area contributed by atoms with Gasteiger partial charge in [0.1, 0.15) is 5.75 Å². The van der Waals surface area contributed by atoms with E-state index in [0.29, 0.717) is 11.6 Å². The summed E-state index contributed by atoms with van der Waals surface area (Å²) in [5.74, 6) is 0.255. The van der Waals surface area contributed by atoms with Crippen molar-refractivity contribution in [3.05, 3.63) is 69.6 Å². The van der Waals surface area contributed by atoms with Crippen molar-refractivity contribution >= 4 is 34.5 Å². The van der Waals surface area contributed by atoms with Crippen LogP contribution in [0.25, 0.3) is 10.4 Å². The second-order valence-corrected chi connectivity index (χ2v) is 7.32. The second kappa shape index (κ2) is 5.65. The summed E-state index contributed by atoms with van der Waals surface area (Å²) in [6.45, 7) is 2.39. The number of phenols is 1. The number of carbonyl (C=O) groups excluding carboxylic acids is 1. The van der Waals surface area contributed by atoms with E-state index in [1.54, 1.807) is 17.0 Å². The third-order valence-electron chi connectivity index (χ3n) is 4.20. The standard InChI is InChI=1S/C19H14ClNO2S/c1-11-8-15(6-7-16(11)22)21-10-13-9-17(24-18(13)19(21)23)12-2-4-14(20)5-3-12/h2-9,22H,10H2,1H3. The fourth-order valence-corrected chi connectivity index (χ4v) is 4.12. The van der Waals surface area contributed by atoms with E-state index in [4.69, 9.17) is 11.6 Å². The van der Waals surface area contributed by atoms with Crippen molar-refractivity contribution in [3.63, 3.8) is 0 Å². The molecule has 120 valence electrons. The maximum atomic E-state index is 12.7. The van der Waals surface area contributed by atoms with Crippen molar-refractivity contribution < 1.29 is 9.90 Å². The topological polar surface area (TPSA) is 40.5 Å². The first kappa shape index (κ1) is 15.2. The van der Waals surface area contributed by atoms with Gasteiger partial charge in [0, 0.05) is 15.6 Å². The summed E-state index contributed by atoms with van der Waals surface area (Å²) >= 11 is 7.44. The summed E-state index contributed by atoms with van der Waals surface area (Å²) in [6.07, 6.45) is 0. The van der Waals surface area contributed by atoms with Crippen molar-refractivity contribution in [2.24, 2.45) is 0 Å². The number of hydrogen-bond donors (Lipinski definition) is 1. The molecule has 0 radical (unpaired) electrons. The summed E-state index contributed by atoms with van der Waals surface area (Å²) < 4.78 is 0. The molecule has 0 saturated heterocycles.